The molecule has 2 heterocycles. The third kappa shape index (κ3) is 2.44. The predicted molar refractivity (Wildman–Crippen MR) is 59.0 cm³/mol. The molecule has 0 radical (unpaired) electrons. The van der Waals surface area contributed by atoms with E-state index in [0.29, 0.717) is 12.4 Å². The van der Waals surface area contributed by atoms with Gasteiger partial charge in [-0.15, -0.1) is 0 Å². The lowest BCUT2D eigenvalue weighted by molar-refractivity contribution is -0.128. The Labute approximate surface area is 102 Å². The quantitative estimate of drug-likeness (QED) is 0.735. The van der Waals surface area contributed by atoms with Crippen molar-refractivity contribution >= 4 is 29.4 Å². The van der Waals surface area contributed by atoms with Crippen molar-refractivity contribution in [3.63, 3.8) is 0 Å². The van der Waals surface area contributed by atoms with E-state index >= 15 is 0 Å². The van der Waals surface area contributed by atoms with Crippen LogP contribution in [-0.2, 0) is 4.79 Å². The first kappa shape index (κ1) is 11.6. The number of rotatable bonds is 1. The largest absolute Gasteiger partial charge is 0.465 e. The van der Waals surface area contributed by atoms with Crippen LogP contribution in [0.25, 0.3) is 0 Å². The second kappa shape index (κ2) is 4.54. The summed E-state index contributed by atoms with van der Waals surface area (Å²) in [7, 11) is 0. The minimum atomic E-state index is -1.23. The Morgan fingerprint density at radius 2 is 2.24 bits per heavy atom. The predicted octanol–water partition coefficient (Wildman–Crippen LogP) is 0.457. The lowest BCUT2D eigenvalue weighted by Crippen LogP contribution is -2.52. The van der Waals surface area contributed by atoms with Gasteiger partial charge >= 0.3 is 6.09 Å². The van der Waals surface area contributed by atoms with Crippen molar-refractivity contribution in [2.75, 3.05) is 24.5 Å². The fourth-order valence-electron chi connectivity index (χ4n) is 1.57. The molecule has 8 heteroatoms. The molecule has 0 spiro atoms. The third-order valence-electron chi connectivity index (χ3n) is 2.39. The van der Waals surface area contributed by atoms with Gasteiger partial charge in [0.15, 0.2) is 0 Å². The number of carboxylic acid groups (broad SMARTS) is 1. The van der Waals surface area contributed by atoms with Crippen molar-refractivity contribution in [1.29, 1.82) is 0 Å². The van der Waals surface area contributed by atoms with Crippen molar-refractivity contribution in [2.45, 2.75) is 0 Å². The zero-order chi connectivity index (χ0) is 12.4. The second-order valence-electron chi connectivity index (χ2n) is 3.43. The number of carbonyl (C=O) groups excluding carboxylic acids is 1. The van der Waals surface area contributed by atoms with Gasteiger partial charge in [-0.1, -0.05) is 0 Å². The number of hydrogen-bond acceptors (Lipinski definition) is 5. The molecule has 0 unspecified atom stereocenters. The summed E-state index contributed by atoms with van der Waals surface area (Å²) in [5, 5.41) is 8.84. The first-order valence-electron chi connectivity index (χ1n) is 4.84. The van der Waals surface area contributed by atoms with E-state index in [4.69, 9.17) is 16.7 Å². The van der Waals surface area contributed by atoms with Gasteiger partial charge in [0.05, 0.1) is 6.54 Å². The van der Waals surface area contributed by atoms with E-state index in [1.54, 1.807) is 11.0 Å². The number of amides is 2. The van der Waals surface area contributed by atoms with Crippen LogP contribution in [0.2, 0.25) is 5.28 Å². The normalized spacial score (nSPS) is 16.2. The molecular weight excluding hydrogens is 248 g/mol. The van der Waals surface area contributed by atoms with Gasteiger partial charge < -0.3 is 10.0 Å². The number of hydrogen-bond donors (Lipinski definition) is 1. The summed E-state index contributed by atoms with van der Waals surface area (Å²) in [5.74, 6) is 0.0434. The van der Waals surface area contributed by atoms with Gasteiger partial charge in [0.1, 0.15) is 5.82 Å². The highest BCUT2D eigenvalue weighted by molar-refractivity contribution is 6.28. The highest BCUT2D eigenvalue weighted by Gasteiger charge is 2.28. The summed E-state index contributed by atoms with van der Waals surface area (Å²) in [6.45, 7) is 0.487. The molecule has 0 atom stereocenters. The Bertz CT molecular complexity index is 467. The molecular formula is C9H9ClN4O3. The van der Waals surface area contributed by atoms with Crippen LogP contribution in [0.4, 0.5) is 10.6 Å². The number of aromatic nitrogens is 2. The van der Waals surface area contributed by atoms with Crippen molar-refractivity contribution in [2.24, 2.45) is 0 Å². The molecule has 0 aliphatic carbocycles. The Morgan fingerprint density at radius 1 is 1.47 bits per heavy atom. The molecule has 1 fully saturated rings. The van der Waals surface area contributed by atoms with Crippen LogP contribution in [0, 0.1) is 0 Å². The molecule has 7 nitrogen and oxygen atoms in total. The van der Waals surface area contributed by atoms with Crippen LogP contribution in [0.1, 0.15) is 0 Å². The fraction of sp³-hybridized carbons (Fsp3) is 0.333. The van der Waals surface area contributed by atoms with Crippen LogP contribution in [0.5, 0.6) is 0 Å². The summed E-state index contributed by atoms with van der Waals surface area (Å²) in [6.07, 6.45) is 0.258. The Kier molecular flexibility index (Phi) is 3.10. The van der Waals surface area contributed by atoms with Gasteiger partial charge in [-0.2, -0.15) is 0 Å². The minimum Gasteiger partial charge on any atom is -0.465 e. The molecule has 1 aromatic heterocycles. The summed E-state index contributed by atoms with van der Waals surface area (Å²) < 4.78 is 0. The van der Waals surface area contributed by atoms with E-state index in [1.165, 1.54) is 6.20 Å². The van der Waals surface area contributed by atoms with E-state index in [9.17, 15) is 9.59 Å². The zero-order valence-electron chi connectivity index (χ0n) is 8.71. The number of imide groups is 1. The first-order chi connectivity index (χ1) is 8.08. The van der Waals surface area contributed by atoms with Crippen LogP contribution in [0.3, 0.4) is 0 Å². The topological polar surface area (TPSA) is 86.6 Å². The number of nitrogens with zero attached hydrogens (tertiary/aromatic N) is 4. The van der Waals surface area contributed by atoms with Crippen LogP contribution in [-0.4, -0.2) is 51.6 Å². The van der Waals surface area contributed by atoms with E-state index in [2.05, 4.69) is 9.97 Å². The molecule has 1 aromatic rings. The van der Waals surface area contributed by atoms with Crippen LogP contribution < -0.4 is 4.90 Å². The lowest BCUT2D eigenvalue weighted by atomic mass is 10.3. The third-order valence-corrected chi connectivity index (χ3v) is 2.57. The van der Waals surface area contributed by atoms with Gasteiger partial charge in [0.2, 0.25) is 5.28 Å². The molecule has 90 valence electrons. The maximum atomic E-state index is 11.5. The SMILES string of the molecule is O=C(O)N1CCN(c2ccnc(Cl)n2)CC1=O. The van der Waals surface area contributed by atoms with Gasteiger partial charge in [0.25, 0.3) is 5.91 Å². The molecule has 1 aliphatic rings. The van der Waals surface area contributed by atoms with Crippen LogP contribution >= 0.6 is 11.6 Å². The zero-order valence-corrected chi connectivity index (χ0v) is 9.46. The Hall–Kier alpha value is -1.89. The fourth-order valence-corrected chi connectivity index (χ4v) is 1.72. The first-order valence-corrected chi connectivity index (χ1v) is 5.22. The number of piperazine rings is 1. The van der Waals surface area contributed by atoms with E-state index in [0.717, 1.165) is 4.90 Å². The summed E-state index contributed by atoms with van der Waals surface area (Å²) in [6, 6.07) is 1.62. The number of halogens is 1. The lowest BCUT2D eigenvalue weighted by Gasteiger charge is -2.32. The molecule has 2 amide bonds. The summed E-state index contributed by atoms with van der Waals surface area (Å²) >= 11 is 5.64. The second-order valence-corrected chi connectivity index (χ2v) is 3.77. The molecule has 17 heavy (non-hydrogen) atoms. The van der Waals surface area contributed by atoms with Gasteiger partial charge in [-0.05, 0) is 17.7 Å². The molecule has 1 saturated heterocycles. The number of anilines is 1. The summed E-state index contributed by atoms with van der Waals surface area (Å²) in [5.41, 5.74) is 0. The van der Waals surface area contributed by atoms with Crippen LogP contribution in [0.15, 0.2) is 12.3 Å². The highest BCUT2D eigenvalue weighted by atomic mass is 35.5. The molecule has 2 rings (SSSR count). The Morgan fingerprint density at radius 3 is 2.82 bits per heavy atom. The Balaban J connectivity index is 2.12. The maximum Gasteiger partial charge on any atom is 0.414 e. The van der Waals surface area contributed by atoms with Crippen molar-refractivity contribution in [1.82, 2.24) is 14.9 Å². The van der Waals surface area contributed by atoms with Crippen molar-refractivity contribution < 1.29 is 14.7 Å². The smallest absolute Gasteiger partial charge is 0.414 e. The van der Waals surface area contributed by atoms with Crippen molar-refractivity contribution in [3.05, 3.63) is 17.5 Å². The molecule has 1 N–H and O–H groups in total. The van der Waals surface area contributed by atoms with E-state index in [-0.39, 0.29) is 18.4 Å². The monoisotopic (exact) mass is 256 g/mol. The van der Waals surface area contributed by atoms with E-state index < -0.39 is 12.0 Å². The maximum absolute atomic E-state index is 11.5. The number of carbonyl (C=O) groups is 2. The van der Waals surface area contributed by atoms with Crippen molar-refractivity contribution in [3.8, 4) is 0 Å². The molecule has 1 aliphatic heterocycles. The standard InChI is InChI=1S/C9H9ClN4O3/c10-8-11-2-1-6(12-8)13-3-4-14(9(16)17)7(15)5-13/h1-2H,3-5H2,(H,16,17). The summed E-state index contributed by atoms with van der Waals surface area (Å²) in [4.78, 5) is 32.4. The average molecular weight is 257 g/mol. The van der Waals surface area contributed by atoms with Gasteiger partial charge in [-0.25, -0.2) is 19.7 Å². The van der Waals surface area contributed by atoms with Gasteiger partial charge in [-0.3, -0.25) is 4.79 Å². The van der Waals surface area contributed by atoms with Gasteiger partial charge in [0, 0.05) is 19.3 Å². The molecule has 0 bridgehead atoms. The highest BCUT2D eigenvalue weighted by Crippen LogP contribution is 2.15. The average Bonchev–Trinajstić information content (AvgIpc) is 2.28. The molecule has 0 saturated carbocycles. The molecule has 0 aromatic carbocycles. The van der Waals surface area contributed by atoms with E-state index in [1.807, 2.05) is 0 Å². The minimum absolute atomic E-state index is 0.0281.